The summed E-state index contributed by atoms with van der Waals surface area (Å²) in [5, 5.41) is 2.90. The fraction of sp³-hybridized carbons (Fsp3) is 0.364. The van der Waals surface area contributed by atoms with Gasteiger partial charge in [0.05, 0.1) is 24.2 Å². The van der Waals surface area contributed by atoms with Gasteiger partial charge in [-0.15, -0.1) is 0 Å². The number of allylic oxidation sites excluding steroid dienone is 2. The average molecular weight is 390 g/mol. The van der Waals surface area contributed by atoms with E-state index in [0.717, 1.165) is 22.6 Å². The van der Waals surface area contributed by atoms with Crippen LogP contribution in [0.25, 0.3) is 5.69 Å². The number of likely N-dealkylation sites (tertiary alicyclic amines) is 1. The van der Waals surface area contributed by atoms with Crippen molar-refractivity contribution in [1.29, 1.82) is 0 Å². The van der Waals surface area contributed by atoms with Crippen LogP contribution in [0.3, 0.4) is 0 Å². The van der Waals surface area contributed by atoms with Gasteiger partial charge in [-0.25, -0.2) is 4.98 Å². The van der Waals surface area contributed by atoms with Gasteiger partial charge in [0.2, 0.25) is 17.7 Å². The summed E-state index contributed by atoms with van der Waals surface area (Å²) in [5.74, 6) is -0.923. The van der Waals surface area contributed by atoms with Crippen LogP contribution in [0.4, 0.5) is 0 Å². The van der Waals surface area contributed by atoms with Gasteiger partial charge in [-0.3, -0.25) is 19.3 Å². The number of nitrogens with zero attached hydrogens (tertiary/aromatic N) is 3. The van der Waals surface area contributed by atoms with Crippen molar-refractivity contribution in [2.24, 2.45) is 23.7 Å². The minimum absolute atomic E-state index is 0.155. The van der Waals surface area contributed by atoms with E-state index in [9.17, 15) is 14.4 Å². The number of fused-ring (bicyclic) bond motifs is 5. The molecule has 0 spiro atoms. The molecule has 1 aliphatic heterocycles. The summed E-state index contributed by atoms with van der Waals surface area (Å²) in [4.78, 5) is 43.2. The highest BCUT2D eigenvalue weighted by molar-refractivity contribution is 6.08. The number of rotatable bonds is 5. The lowest BCUT2D eigenvalue weighted by molar-refractivity contribution is -0.144. The lowest BCUT2D eigenvalue weighted by Crippen LogP contribution is -2.42. The van der Waals surface area contributed by atoms with E-state index in [1.807, 2.05) is 42.0 Å². The third-order valence-corrected chi connectivity index (χ3v) is 6.44. The zero-order valence-corrected chi connectivity index (χ0v) is 16.1. The molecule has 5 atom stereocenters. The summed E-state index contributed by atoms with van der Waals surface area (Å²) in [5.41, 5.74) is 1.92. The molecule has 7 heteroatoms. The number of imide groups is 1. The number of carbonyl (C=O) groups is 3. The number of carbonyl (C=O) groups excluding carboxylic acids is 3. The number of imidazole rings is 1. The second-order valence-corrected chi connectivity index (χ2v) is 8.11. The largest absolute Gasteiger partial charge is 0.348 e. The maximum Gasteiger partial charge on any atom is 0.240 e. The molecule has 29 heavy (non-hydrogen) atoms. The first kappa shape index (κ1) is 17.8. The van der Waals surface area contributed by atoms with Crippen LogP contribution in [0.1, 0.15) is 24.9 Å². The van der Waals surface area contributed by atoms with Gasteiger partial charge >= 0.3 is 0 Å². The van der Waals surface area contributed by atoms with Crippen molar-refractivity contribution in [3.8, 4) is 5.69 Å². The van der Waals surface area contributed by atoms with Crippen LogP contribution in [0.15, 0.2) is 55.1 Å². The first-order chi connectivity index (χ1) is 14.0. The number of hydrogen-bond donors (Lipinski definition) is 1. The molecule has 5 unspecified atom stereocenters. The maximum atomic E-state index is 12.7. The molecular weight excluding hydrogens is 368 g/mol. The van der Waals surface area contributed by atoms with E-state index in [2.05, 4.69) is 22.5 Å². The molecule has 3 aliphatic rings. The number of amides is 3. The van der Waals surface area contributed by atoms with Gasteiger partial charge < -0.3 is 9.88 Å². The Kier molecular flexibility index (Phi) is 4.12. The molecule has 1 saturated heterocycles. The van der Waals surface area contributed by atoms with Crippen LogP contribution in [0, 0.1) is 23.7 Å². The van der Waals surface area contributed by atoms with Crippen LogP contribution in [-0.4, -0.2) is 38.7 Å². The predicted molar refractivity (Wildman–Crippen MR) is 105 cm³/mol. The normalized spacial score (nSPS) is 28.1. The van der Waals surface area contributed by atoms with Crippen LogP contribution in [0.2, 0.25) is 0 Å². The molecule has 148 valence electrons. The minimum atomic E-state index is -0.321. The topological polar surface area (TPSA) is 84.3 Å². The lowest BCUT2D eigenvalue weighted by Gasteiger charge is -2.19. The molecule has 2 fully saturated rings. The molecule has 2 bridgehead atoms. The van der Waals surface area contributed by atoms with Gasteiger partial charge in [0.15, 0.2) is 0 Å². The Morgan fingerprint density at radius 3 is 2.38 bits per heavy atom. The number of hydrogen-bond acceptors (Lipinski definition) is 4. The summed E-state index contributed by atoms with van der Waals surface area (Å²) in [6, 6.07) is 7.57. The molecule has 1 N–H and O–H groups in total. The van der Waals surface area contributed by atoms with E-state index in [1.54, 1.807) is 12.5 Å². The second-order valence-electron chi connectivity index (χ2n) is 8.11. The van der Waals surface area contributed by atoms with Gasteiger partial charge in [0.1, 0.15) is 6.54 Å². The molecule has 1 aromatic carbocycles. The molecule has 2 aromatic rings. The Labute approximate surface area is 168 Å². The Morgan fingerprint density at radius 2 is 1.79 bits per heavy atom. The van der Waals surface area contributed by atoms with Crippen molar-refractivity contribution in [2.75, 3.05) is 6.54 Å². The zero-order chi connectivity index (χ0) is 20.1. The highest BCUT2D eigenvalue weighted by atomic mass is 16.2. The Morgan fingerprint density at radius 1 is 1.14 bits per heavy atom. The van der Waals surface area contributed by atoms with Crippen molar-refractivity contribution in [3.63, 3.8) is 0 Å². The molecule has 1 aromatic heterocycles. The molecule has 2 heterocycles. The van der Waals surface area contributed by atoms with E-state index >= 15 is 0 Å². The third-order valence-electron chi connectivity index (χ3n) is 6.44. The van der Waals surface area contributed by atoms with Gasteiger partial charge in [-0.1, -0.05) is 24.3 Å². The van der Waals surface area contributed by atoms with Crippen LogP contribution >= 0.6 is 0 Å². The number of aromatic nitrogens is 2. The predicted octanol–water partition coefficient (Wildman–Crippen LogP) is 1.86. The summed E-state index contributed by atoms with van der Waals surface area (Å²) in [7, 11) is 0. The van der Waals surface area contributed by atoms with E-state index in [-0.39, 0.29) is 54.0 Å². The van der Waals surface area contributed by atoms with E-state index < -0.39 is 0 Å². The highest BCUT2D eigenvalue weighted by Gasteiger charge is 2.59. The van der Waals surface area contributed by atoms with Gasteiger partial charge in [0, 0.05) is 18.1 Å². The Hall–Kier alpha value is -3.22. The van der Waals surface area contributed by atoms with Crippen molar-refractivity contribution >= 4 is 17.7 Å². The maximum absolute atomic E-state index is 12.7. The smallest absolute Gasteiger partial charge is 0.240 e. The third kappa shape index (κ3) is 2.88. The average Bonchev–Trinajstić information content (AvgIpc) is 3.50. The molecule has 5 rings (SSSR count). The second kappa shape index (κ2) is 6.69. The molecule has 3 amide bonds. The fourth-order valence-electron chi connectivity index (χ4n) is 4.98. The summed E-state index contributed by atoms with van der Waals surface area (Å²) in [6.45, 7) is 1.68. The molecule has 1 saturated carbocycles. The van der Waals surface area contributed by atoms with E-state index in [4.69, 9.17) is 0 Å². The van der Waals surface area contributed by atoms with Crippen LogP contribution in [-0.2, 0) is 14.4 Å². The summed E-state index contributed by atoms with van der Waals surface area (Å²) < 4.78 is 1.90. The van der Waals surface area contributed by atoms with Crippen molar-refractivity contribution in [3.05, 3.63) is 60.7 Å². The number of nitrogens with one attached hydrogen (secondary N) is 1. The quantitative estimate of drug-likeness (QED) is 0.624. The first-order valence-corrected chi connectivity index (χ1v) is 9.94. The van der Waals surface area contributed by atoms with Crippen LogP contribution < -0.4 is 5.32 Å². The molecule has 2 aliphatic carbocycles. The summed E-state index contributed by atoms with van der Waals surface area (Å²) in [6.07, 6.45) is 10.3. The number of benzene rings is 1. The first-order valence-electron chi connectivity index (χ1n) is 9.94. The van der Waals surface area contributed by atoms with Gasteiger partial charge in [-0.05, 0) is 42.9 Å². The van der Waals surface area contributed by atoms with E-state index in [1.165, 1.54) is 0 Å². The minimum Gasteiger partial charge on any atom is -0.348 e. The zero-order valence-electron chi connectivity index (χ0n) is 16.1. The summed E-state index contributed by atoms with van der Waals surface area (Å²) >= 11 is 0. The molecule has 7 nitrogen and oxygen atoms in total. The lowest BCUT2D eigenvalue weighted by atomic mass is 9.85. The Bertz CT molecular complexity index is 966. The molecule has 0 radical (unpaired) electrons. The SMILES string of the molecule is CC(NC(=O)CN1C(=O)C2C3C=CC(C3)C2C1=O)c1ccc(-n2ccnc2)cc1. The highest BCUT2D eigenvalue weighted by Crippen LogP contribution is 2.52. The van der Waals surface area contributed by atoms with Gasteiger partial charge in [0.25, 0.3) is 0 Å². The van der Waals surface area contributed by atoms with Gasteiger partial charge in [-0.2, -0.15) is 0 Å². The van der Waals surface area contributed by atoms with Crippen molar-refractivity contribution in [1.82, 2.24) is 19.8 Å². The van der Waals surface area contributed by atoms with E-state index in [0.29, 0.717) is 0 Å². The van der Waals surface area contributed by atoms with Crippen molar-refractivity contribution < 1.29 is 14.4 Å². The Balaban J connectivity index is 1.22. The standard InChI is InChI=1S/C22H22N4O3/c1-13(14-4-6-17(7-5-14)25-9-8-23-12-25)24-18(27)11-26-21(28)19-15-2-3-16(10-15)20(19)22(26)29/h2-9,12-13,15-16,19-20H,10-11H2,1H3,(H,24,27). The fourth-order valence-corrected chi connectivity index (χ4v) is 4.98. The van der Waals surface area contributed by atoms with Crippen LogP contribution in [0.5, 0.6) is 0 Å². The molecular formula is C22H22N4O3. The monoisotopic (exact) mass is 390 g/mol. The van der Waals surface area contributed by atoms with Crippen molar-refractivity contribution in [2.45, 2.75) is 19.4 Å².